The van der Waals surface area contributed by atoms with Gasteiger partial charge in [-0.15, -0.1) is 0 Å². The Morgan fingerprint density at radius 3 is 2.00 bits per heavy atom. The van der Waals surface area contributed by atoms with Gasteiger partial charge in [-0.05, 0) is 44.9 Å². The minimum Gasteiger partial charge on any atom is -0.481 e. The number of hydrogen-bond acceptors (Lipinski definition) is 2. The third-order valence-electron chi connectivity index (χ3n) is 4.60. The minimum absolute atomic E-state index is 0.571. The van der Waals surface area contributed by atoms with Gasteiger partial charge in [-0.3, -0.25) is 4.79 Å². The molecule has 0 spiro atoms. The van der Waals surface area contributed by atoms with Crippen LogP contribution in [-0.4, -0.2) is 22.3 Å². The molecule has 0 heterocycles. The van der Waals surface area contributed by atoms with Crippen LogP contribution in [0.5, 0.6) is 0 Å². The molecule has 0 aliphatic carbocycles. The zero-order valence-corrected chi connectivity index (χ0v) is 16.5. The summed E-state index contributed by atoms with van der Waals surface area (Å²) >= 11 is 0. The van der Waals surface area contributed by atoms with Crippen molar-refractivity contribution in [2.24, 2.45) is 5.92 Å². The predicted octanol–water partition coefficient (Wildman–Crippen LogP) is 6.27. The van der Waals surface area contributed by atoms with Crippen molar-refractivity contribution in [2.45, 2.75) is 103 Å². The van der Waals surface area contributed by atoms with E-state index in [1.54, 1.807) is 0 Å². The number of carboxylic acids is 1. The quantitative estimate of drug-likeness (QED) is 0.239. The summed E-state index contributed by atoms with van der Waals surface area (Å²) in [5.74, 6) is -1.46. The topological polar surface area (TPSA) is 57.5 Å². The summed E-state index contributed by atoms with van der Waals surface area (Å²) in [6.45, 7) is 4.35. The number of aliphatic hydroxyl groups excluding tert-OH is 1. The second kappa shape index (κ2) is 17.7. The van der Waals surface area contributed by atoms with Gasteiger partial charge in [-0.1, -0.05) is 76.7 Å². The standard InChI is InChI=1S/C22H40O3/c1-3-5-7-9-10-11-12-13-14-15-17-19-21(23)20(22(24)25)18-16-8-6-4-2/h10-11,13-14,20-21,23H,3-9,12,15-19H2,1-2H3,(H,24,25). The van der Waals surface area contributed by atoms with Gasteiger partial charge in [0.1, 0.15) is 0 Å². The number of aliphatic carboxylic acids is 1. The summed E-state index contributed by atoms with van der Waals surface area (Å²) in [4.78, 5) is 11.3. The first kappa shape index (κ1) is 23.9. The summed E-state index contributed by atoms with van der Waals surface area (Å²) in [5, 5.41) is 19.5. The molecule has 0 rings (SSSR count). The molecule has 25 heavy (non-hydrogen) atoms. The van der Waals surface area contributed by atoms with E-state index in [9.17, 15) is 15.0 Å². The number of carboxylic acid groups (broad SMARTS) is 1. The number of hydrogen-bond donors (Lipinski definition) is 2. The van der Waals surface area contributed by atoms with Crippen molar-refractivity contribution in [3.63, 3.8) is 0 Å². The molecule has 0 saturated carbocycles. The SMILES string of the molecule is CCCCCC=CCC=CCCCC(O)C(CCCCCC)C(=O)O. The van der Waals surface area contributed by atoms with Gasteiger partial charge in [0.05, 0.1) is 12.0 Å². The lowest BCUT2D eigenvalue weighted by Crippen LogP contribution is -2.28. The van der Waals surface area contributed by atoms with Gasteiger partial charge in [-0.2, -0.15) is 0 Å². The zero-order chi connectivity index (χ0) is 18.8. The van der Waals surface area contributed by atoms with E-state index in [0.29, 0.717) is 12.8 Å². The van der Waals surface area contributed by atoms with E-state index < -0.39 is 18.0 Å². The van der Waals surface area contributed by atoms with E-state index >= 15 is 0 Å². The molecule has 3 heteroatoms. The lowest BCUT2D eigenvalue weighted by molar-refractivity contribution is -0.146. The van der Waals surface area contributed by atoms with E-state index in [1.165, 1.54) is 25.7 Å². The highest BCUT2D eigenvalue weighted by atomic mass is 16.4. The number of carbonyl (C=O) groups is 1. The molecular weight excluding hydrogens is 312 g/mol. The molecule has 0 saturated heterocycles. The van der Waals surface area contributed by atoms with Crippen LogP contribution in [0.25, 0.3) is 0 Å². The van der Waals surface area contributed by atoms with Gasteiger partial charge >= 0.3 is 5.97 Å². The van der Waals surface area contributed by atoms with E-state index in [4.69, 9.17) is 0 Å². The van der Waals surface area contributed by atoms with Gasteiger partial charge in [0.2, 0.25) is 0 Å². The minimum atomic E-state index is -0.854. The fourth-order valence-electron chi connectivity index (χ4n) is 2.94. The Bertz CT molecular complexity index is 360. The van der Waals surface area contributed by atoms with E-state index in [-0.39, 0.29) is 0 Å². The molecule has 0 fully saturated rings. The first-order valence-corrected chi connectivity index (χ1v) is 10.3. The highest BCUT2D eigenvalue weighted by Gasteiger charge is 2.25. The summed E-state index contributed by atoms with van der Waals surface area (Å²) in [6, 6.07) is 0. The van der Waals surface area contributed by atoms with Crippen molar-refractivity contribution in [2.75, 3.05) is 0 Å². The maximum absolute atomic E-state index is 11.3. The smallest absolute Gasteiger partial charge is 0.309 e. The van der Waals surface area contributed by atoms with Gasteiger partial charge in [-0.25, -0.2) is 0 Å². The van der Waals surface area contributed by atoms with Crippen LogP contribution in [0.15, 0.2) is 24.3 Å². The Labute approximate surface area is 155 Å². The molecule has 0 bridgehead atoms. The largest absolute Gasteiger partial charge is 0.481 e. The number of allylic oxidation sites excluding steroid dienone is 4. The van der Waals surface area contributed by atoms with Crippen LogP contribution in [0, 0.1) is 5.92 Å². The fraction of sp³-hybridized carbons (Fsp3) is 0.773. The lowest BCUT2D eigenvalue weighted by atomic mass is 9.92. The zero-order valence-electron chi connectivity index (χ0n) is 16.5. The Kier molecular flexibility index (Phi) is 17.0. The Hall–Kier alpha value is -1.09. The van der Waals surface area contributed by atoms with Crippen LogP contribution in [0.3, 0.4) is 0 Å². The molecule has 0 radical (unpaired) electrons. The first-order chi connectivity index (χ1) is 12.1. The van der Waals surface area contributed by atoms with Crippen LogP contribution in [0.1, 0.15) is 97.3 Å². The molecule has 0 aliphatic heterocycles. The average molecular weight is 353 g/mol. The molecule has 2 unspecified atom stereocenters. The third kappa shape index (κ3) is 14.9. The molecule has 2 N–H and O–H groups in total. The van der Waals surface area contributed by atoms with Crippen molar-refractivity contribution in [3.8, 4) is 0 Å². The molecule has 0 aromatic heterocycles. The number of aliphatic hydroxyl groups is 1. The normalized spacial score (nSPS) is 14.4. The molecule has 0 aromatic carbocycles. The van der Waals surface area contributed by atoms with Gasteiger partial charge in [0.15, 0.2) is 0 Å². The maximum atomic E-state index is 11.3. The predicted molar refractivity (Wildman–Crippen MR) is 107 cm³/mol. The molecular formula is C22H40O3. The summed E-state index contributed by atoms with van der Waals surface area (Å²) in [7, 11) is 0. The fourth-order valence-corrected chi connectivity index (χ4v) is 2.94. The highest BCUT2D eigenvalue weighted by Crippen LogP contribution is 2.19. The van der Waals surface area contributed by atoms with Gasteiger partial charge < -0.3 is 10.2 Å². The van der Waals surface area contributed by atoms with Gasteiger partial charge in [0, 0.05) is 0 Å². The molecule has 3 nitrogen and oxygen atoms in total. The van der Waals surface area contributed by atoms with E-state index in [0.717, 1.165) is 44.9 Å². The molecule has 2 atom stereocenters. The van der Waals surface area contributed by atoms with Crippen molar-refractivity contribution < 1.29 is 15.0 Å². The Morgan fingerprint density at radius 1 is 0.800 bits per heavy atom. The monoisotopic (exact) mass is 352 g/mol. The van der Waals surface area contributed by atoms with Crippen molar-refractivity contribution >= 4 is 5.97 Å². The summed E-state index contributed by atoms with van der Waals surface area (Å²) in [5.41, 5.74) is 0. The van der Waals surface area contributed by atoms with E-state index in [1.807, 2.05) is 0 Å². The second-order valence-corrected chi connectivity index (χ2v) is 6.97. The van der Waals surface area contributed by atoms with Crippen LogP contribution in [-0.2, 0) is 4.79 Å². The van der Waals surface area contributed by atoms with Crippen LogP contribution < -0.4 is 0 Å². The number of rotatable bonds is 17. The molecule has 0 amide bonds. The summed E-state index contributed by atoms with van der Waals surface area (Å²) < 4.78 is 0. The molecule has 0 aromatic rings. The average Bonchev–Trinajstić information content (AvgIpc) is 2.59. The van der Waals surface area contributed by atoms with Crippen molar-refractivity contribution in [3.05, 3.63) is 24.3 Å². The summed E-state index contributed by atoms with van der Waals surface area (Å²) in [6.07, 6.45) is 21.2. The highest BCUT2D eigenvalue weighted by molar-refractivity contribution is 5.70. The first-order valence-electron chi connectivity index (χ1n) is 10.3. The third-order valence-corrected chi connectivity index (χ3v) is 4.60. The van der Waals surface area contributed by atoms with Crippen LogP contribution >= 0.6 is 0 Å². The Balaban J connectivity index is 3.81. The van der Waals surface area contributed by atoms with Crippen molar-refractivity contribution in [1.29, 1.82) is 0 Å². The second-order valence-electron chi connectivity index (χ2n) is 6.97. The van der Waals surface area contributed by atoms with E-state index in [2.05, 4.69) is 38.2 Å². The van der Waals surface area contributed by atoms with Crippen LogP contribution in [0.2, 0.25) is 0 Å². The maximum Gasteiger partial charge on any atom is 0.309 e. The Morgan fingerprint density at radius 2 is 1.40 bits per heavy atom. The molecule has 0 aliphatic rings. The number of unbranched alkanes of at least 4 members (excludes halogenated alkanes) is 7. The van der Waals surface area contributed by atoms with Gasteiger partial charge in [0.25, 0.3) is 0 Å². The lowest BCUT2D eigenvalue weighted by Gasteiger charge is -2.18. The van der Waals surface area contributed by atoms with Crippen LogP contribution in [0.4, 0.5) is 0 Å². The van der Waals surface area contributed by atoms with Crippen molar-refractivity contribution in [1.82, 2.24) is 0 Å². The molecule has 146 valence electrons.